The highest BCUT2D eigenvalue weighted by atomic mass is 16.1. The molecule has 0 unspecified atom stereocenters. The Morgan fingerprint density at radius 3 is 2.53 bits per heavy atom. The summed E-state index contributed by atoms with van der Waals surface area (Å²) in [4.78, 5) is 14.1. The summed E-state index contributed by atoms with van der Waals surface area (Å²) in [6, 6.07) is 12.1. The van der Waals surface area contributed by atoms with E-state index in [0.717, 1.165) is 17.5 Å². The third-order valence-electron chi connectivity index (χ3n) is 3.10. The molecule has 2 rings (SSSR count). The molecule has 2 aromatic carbocycles. The molecule has 0 aliphatic heterocycles. The average molecular weight is 256 g/mol. The molecule has 1 amide bonds. The van der Waals surface area contributed by atoms with Crippen LogP contribution in [0.25, 0.3) is 10.8 Å². The maximum Gasteiger partial charge on any atom is 0.251 e. The van der Waals surface area contributed by atoms with Crippen LogP contribution in [-0.2, 0) is 0 Å². The fourth-order valence-corrected chi connectivity index (χ4v) is 2.00. The Morgan fingerprint density at radius 2 is 1.79 bits per heavy atom. The van der Waals surface area contributed by atoms with Gasteiger partial charge >= 0.3 is 0 Å². The number of hydrogen-bond donors (Lipinski definition) is 1. The first-order valence-electron chi connectivity index (χ1n) is 6.49. The van der Waals surface area contributed by atoms with Crippen molar-refractivity contribution in [2.45, 2.75) is 6.92 Å². The number of nitrogens with zero attached hydrogens (tertiary/aromatic N) is 1. The molecule has 2 aromatic rings. The first-order chi connectivity index (χ1) is 9.06. The Bertz CT molecular complexity index is 590. The number of hydrogen-bond acceptors (Lipinski definition) is 2. The van der Waals surface area contributed by atoms with Gasteiger partial charge in [0.25, 0.3) is 5.91 Å². The van der Waals surface area contributed by atoms with Crippen molar-refractivity contribution < 1.29 is 4.79 Å². The molecule has 0 radical (unpaired) electrons. The van der Waals surface area contributed by atoms with Crippen molar-refractivity contribution in [1.29, 1.82) is 0 Å². The molecule has 100 valence electrons. The van der Waals surface area contributed by atoms with Crippen molar-refractivity contribution in [3.05, 3.63) is 47.5 Å². The van der Waals surface area contributed by atoms with E-state index in [-0.39, 0.29) is 5.91 Å². The summed E-state index contributed by atoms with van der Waals surface area (Å²) in [5.74, 6) is -0.00988. The van der Waals surface area contributed by atoms with Crippen LogP contribution in [0, 0.1) is 6.92 Å². The van der Waals surface area contributed by atoms with Gasteiger partial charge in [-0.2, -0.15) is 0 Å². The molecule has 0 spiro atoms. The van der Waals surface area contributed by atoms with Gasteiger partial charge in [0, 0.05) is 18.7 Å². The highest BCUT2D eigenvalue weighted by Gasteiger charge is 2.05. The largest absolute Gasteiger partial charge is 0.351 e. The molecule has 0 aliphatic carbocycles. The van der Waals surface area contributed by atoms with E-state index in [1.165, 1.54) is 10.9 Å². The molecule has 0 saturated carbocycles. The Balaban J connectivity index is 2.12. The summed E-state index contributed by atoms with van der Waals surface area (Å²) in [7, 11) is 3.98. The van der Waals surface area contributed by atoms with E-state index in [0.29, 0.717) is 6.54 Å². The van der Waals surface area contributed by atoms with Crippen LogP contribution in [0.1, 0.15) is 15.9 Å². The van der Waals surface area contributed by atoms with Gasteiger partial charge in [-0.3, -0.25) is 4.79 Å². The molecular weight excluding hydrogens is 236 g/mol. The second-order valence-electron chi connectivity index (χ2n) is 5.12. The van der Waals surface area contributed by atoms with Crippen LogP contribution in [0.3, 0.4) is 0 Å². The predicted molar refractivity (Wildman–Crippen MR) is 79.6 cm³/mol. The van der Waals surface area contributed by atoms with E-state index in [1.807, 2.05) is 37.2 Å². The number of carbonyl (C=O) groups excluding carboxylic acids is 1. The van der Waals surface area contributed by atoms with Crippen molar-refractivity contribution in [3.8, 4) is 0 Å². The zero-order chi connectivity index (χ0) is 13.8. The zero-order valence-electron chi connectivity index (χ0n) is 11.7. The van der Waals surface area contributed by atoms with Crippen molar-refractivity contribution >= 4 is 16.7 Å². The summed E-state index contributed by atoms with van der Waals surface area (Å²) in [6.45, 7) is 3.58. The maximum atomic E-state index is 12.0. The van der Waals surface area contributed by atoms with Crippen LogP contribution >= 0.6 is 0 Å². The number of rotatable bonds is 4. The van der Waals surface area contributed by atoms with Gasteiger partial charge in [-0.1, -0.05) is 29.8 Å². The third kappa shape index (κ3) is 3.55. The van der Waals surface area contributed by atoms with E-state index < -0.39 is 0 Å². The SMILES string of the molecule is Cc1ccc2cc(C(=O)NCCN(C)C)ccc2c1. The molecule has 0 bridgehead atoms. The number of nitrogens with one attached hydrogen (secondary N) is 1. The number of amides is 1. The Morgan fingerprint density at radius 1 is 1.11 bits per heavy atom. The van der Waals surface area contributed by atoms with Crippen molar-refractivity contribution in [2.75, 3.05) is 27.2 Å². The van der Waals surface area contributed by atoms with Gasteiger partial charge in [-0.25, -0.2) is 0 Å². The molecule has 3 heteroatoms. The number of fused-ring (bicyclic) bond motifs is 1. The molecule has 0 atom stereocenters. The summed E-state index contributed by atoms with van der Waals surface area (Å²) >= 11 is 0. The third-order valence-corrected chi connectivity index (χ3v) is 3.10. The Hall–Kier alpha value is -1.87. The quantitative estimate of drug-likeness (QED) is 0.911. The summed E-state index contributed by atoms with van der Waals surface area (Å²) < 4.78 is 0. The first kappa shape index (κ1) is 13.6. The fourth-order valence-electron chi connectivity index (χ4n) is 2.00. The molecule has 0 heterocycles. The normalized spacial score (nSPS) is 10.9. The topological polar surface area (TPSA) is 32.3 Å². The van der Waals surface area contributed by atoms with Crippen LogP contribution in [0.15, 0.2) is 36.4 Å². The second-order valence-corrected chi connectivity index (χ2v) is 5.12. The van der Waals surface area contributed by atoms with E-state index in [4.69, 9.17) is 0 Å². The summed E-state index contributed by atoms with van der Waals surface area (Å²) in [5.41, 5.74) is 1.95. The van der Waals surface area contributed by atoms with E-state index in [9.17, 15) is 4.79 Å². The van der Waals surface area contributed by atoms with E-state index in [2.05, 4.69) is 30.4 Å². The molecule has 3 nitrogen and oxygen atoms in total. The van der Waals surface area contributed by atoms with E-state index in [1.54, 1.807) is 0 Å². The smallest absolute Gasteiger partial charge is 0.251 e. The van der Waals surface area contributed by atoms with Crippen LogP contribution in [0.4, 0.5) is 0 Å². The van der Waals surface area contributed by atoms with Gasteiger partial charge < -0.3 is 10.2 Å². The molecule has 0 aromatic heterocycles. The molecule has 0 saturated heterocycles. The number of carbonyl (C=O) groups is 1. The van der Waals surface area contributed by atoms with Crippen LogP contribution in [0.5, 0.6) is 0 Å². The van der Waals surface area contributed by atoms with Crippen LogP contribution in [0.2, 0.25) is 0 Å². The highest BCUT2D eigenvalue weighted by molar-refractivity contribution is 5.98. The van der Waals surface area contributed by atoms with Gasteiger partial charge in [0.05, 0.1) is 0 Å². The lowest BCUT2D eigenvalue weighted by atomic mass is 10.0. The minimum atomic E-state index is -0.00988. The lowest BCUT2D eigenvalue weighted by Crippen LogP contribution is -2.31. The van der Waals surface area contributed by atoms with Crippen molar-refractivity contribution in [1.82, 2.24) is 10.2 Å². The molecule has 0 fully saturated rings. The van der Waals surface area contributed by atoms with E-state index >= 15 is 0 Å². The first-order valence-corrected chi connectivity index (χ1v) is 6.49. The molecule has 1 N–H and O–H groups in total. The maximum absolute atomic E-state index is 12.0. The summed E-state index contributed by atoms with van der Waals surface area (Å²) in [5, 5.41) is 5.20. The highest BCUT2D eigenvalue weighted by Crippen LogP contribution is 2.17. The lowest BCUT2D eigenvalue weighted by Gasteiger charge is -2.10. The predicted octanol–water partition coefficient (Wildman–Crippen LogP) is 2.44. The van der Waals surface area contributed by atoms with Crippen molar-refractivity contribution in [2.24, 2.45) is 0 Å². The van der Waals surface area contributed by atoms with Crippen LogP contribution < -0.4 is 5.32 Å². The Labute approximate surface area is 114 Å². The minimum Gasteiger partial charge on any atom is -0.351 e. The second kappa shape index (κ2) is 5.85. The average Bonchev–Trinajstić information content (AvgIpc) is 2.37. The van der Waals surface area contributed by atoms with Gasteiger partial charge in [-0.05, 0) is 43.9 Å². The lowest BCUT2D eigenvalue weighted by molar-refractivity contribution is 0.0951. The monoisotopic (exact) mass is 256 g/mol. The van der Waals surface area contributed by atoms with Crippen molar-refractivity contribution in [3.63, 3.8) is 0 Å². The molecule has 0 aliphatic rings. The fraction of sp³-hybridized carbons (Fsp3) is 0.312. The number of likely N-dealkylation sites (N-methyl/N-ethyl adjacent to an activating group) is 1. The van der Waals surface area contributed by atoms with Gasteiger partial charge in [0.1, 0.15) is 0 Å². The van der Waals surface area contributed by atoms with Gasteiger partial charge in [0.2, 0.25) is 0 Å². The Kier molecular flexibility index (Phi) is 4.17. The molecular formula is C16H20N2O. The standard InChI is InChI=1S/C16H20N2O/c1-12-4-5-14-11-15(7-6-13(14)10-12)16(19)17-8-9-18(2)3/h4-7,10-11H,8-9H2,1-3H3,(H,17,19). The van der Waals surface area contributed by atoms with Gasteiger partial charge in [0.15, 0.2) is 0 Å². The summed E-state index contributed by atoms with van der Waals surface area (Å²) in [6.07, 6.45) is 0. The number of benzene rings is 2. The molecule has 19 heavy (non-hydrogen) atoms. The number of aryl methyl sites for hydroxylation is 1. The van der Waals surface area contributed by atoms with Gasteiger partial charge in [-0.15, -0.1) is 0 Å². The minimum absolute atomic E-state index is 0.00988. The van der Waals surface area contributed by atoms with Crippen LogP contribution in [-0.4, -0.2) is 38.0 Å². The zero-order valence-corrected chi connectivity index (χ0v) is 11.7.